The highest BCUT2D eigenvalue weighted by atomic mass is 32.2. The zero-order valence-corrected chi connectivity index (χ0v) is 15.7. The molecule has 0 aliphatic carbocycles. The topological polar surface area (TPSA) is 72.5 Å². The van der Waals surface area contributed by atoms with Crippen LogP contribution in [0.25, 0.3) is 0 Å². The van der Waals surface area contributed by atoms with E-state index < -0.39 is 15.4 Å². The molecule has 0 saturated heterocycles. The zero-order chi connectivity index (χ0) is 18.7. The molecule has 1 amide bonds. The Morgan fingerprint density at radius 1 is 1.12 bits per heavy atom. The largest absolute Gasteiger partial charge is 0.495 e. The second-order valence-corrected chi connectivity index (χ2v) is 8.62. The van der Waals surface area contributed by atoms with Crippen LogP contribution >= 0.6 is 0 Å². The molecule has 0 aromatic heterocycles. The van der Waals surface area contributed by atoms with Gasteiger partial charge in [-0.1, -0.05) is 30.3 Å². The summed E-state index contributed by atoms with van der Waals surface area (Å²) in [6, 6.07) is 14.3. The minimum atomic E-state index is -3.50. The van der Waals surface area contributed by atoms with E-state index >= 15 is 0 Å². The summed E-state index contributed by atoms with van der Waals surface area (Å²) in [5.41, 5.74) is 0.908. The van der Waals surface area contributed by atoms with Crippen LogP contribution in [0.5, 0.6) is 5.75 Å². The molecule has 0 spiro atoms. The zero-order valence-electron chi connectivity index (χ0n) is 14.9. The van der Waals surface area contributed by atoms with Crippen molar-refractivity contribution in [3.63, 3.8) is 0 Å². The van der Waals surface area contributed by atoms with E-state index in [4.69, 9.17) is 4.74 Å². The minimum Gasteiger partial charge on any atom is -0.495 e. The summed E-state index contributed by atoms with van der Waals surface area (Å²) in [7, 11) is -2.10. The highest BCUT2D eigenvalue weighted by Gasteiger charge is 2.23. The molecule has 6 heteroatoms. The molecule has 134 valence electrons. The molecule has 2 aromatic carbocycles. The molecule has 25 heavy (non-hydrogen) atoms. The Kier molecular flexibility index (Phi) is 5.52. The molecule has 0 atom stereocenters. The molecule has 0 aliphatic heterocycles. The highest BCUT2D eigenvalue weighted by molar-refractivity contribution is 7.90. The third kappa shape index (κ3) is 5.06. The SMILES string of the molecule is COc1ccc(C(=O)NC(C)(C)Cc2ccccc2)cc1S(C)(=O)=O. The summed E-state index contributed by atoms with van der Waals surface area (Å²) in [4.78, 5) is 12.6. The van der Waals surface area contributed by atoms with Crippen molar-refractivity contribution in [1.82, 2.24) is 5.32 Å². The van der Waals surface area contributed by atoms with Crippen molar-refractivity contribution >= 4 is 15.7 Å². The van der Waals surface area contributed by atoms with Gasteiger partial charge in [0, 0.05) is 17.4 Å². The van der Waals surface area contributed by atoms with Crippen LogP contribution in [0, 0.1) is 0 Å². The molecule has 0 aliphatic rings. The first-order valence-corrected chi connectivity index (χ1v) is 9.76. The summed E-state index contributed by atoms with van der Waals surface area (Å²) in [5, 5.41) is 2.96. The lowest BCUT2D eigenvalue weighted by molar-refractivity contribution is 0.0912. The van der Waals surface area contributed by atoms with Crippen LogP contribution in [0.2, 0.25) is 0 Å². The molecule has 0 unspecified atom stereocenters. The normalized spacial score (nSPS) is 11.8. The Labute approximate surface area is 148 Å². The second kappa shape index (κ2) is 7.27. The molecule has 0 fully saturated rings. The lowest BCUT2D eigenvalue weighted by atomic mass is 9.94. The standard InChI is InChI=1S/C19H23NO4S/c1-19(2,13-14-8-6-5-7-9-14)20-18(21)15-10-11-16(24-3)17(12-15)25(4,22)23/h5-12H,13H2,1-4H3,(H,20,21). The summed E-state index contributed by atoms with van der Waals surface area (Å²) in [6.45, 7) is 3.86. The lowest BCUT2D eigenvalue weighted by Gasteiger charge is -2.26. The fourth-order valence-corrected chi connectivity index (χ4v) is 3.50. The molecule has 1 N–H and O–H groups in total. The minimum absolute atomic E-state index is 0.00326. The highest BCUT2D eigenvalue weighted by Crippen LogP contribution is 2.25. The van der Waals surface area contributed by atoms with Gasteiger partial charge in [0.2, 0.25) is 0 Å². The number of rotatable bonds is 6. The first-order valence-electron chi connectivity index (χ1n) is 7.87. The van der Waals surface area contributed by atoms with Crippen molar-refractivity contribution < 1.29 is 17.9 Å². The number of hydrogen-bond donors (Lipinski definition) is 1. The van der Waals surface area contributed by atoms with E-state index in [0.717, 1.165) is 11.8 Å². The predicted octanol–water partition coefficient (Wildman–Crippen LogP) is 2.85. The number of carbonyl (C=O) groups is 1. The van der Waals surface area contributed by atoms with Crippen molar-refractivity contribution in [3.8, 4) is 5.75 Å². The van der Waals surface area contributed by atoms with Gasteiger partial charge < -0.3 is 10.1 Å². The van der Waals surface area contributed by atoms with Crippen molar-refractivity contribution in [2.24, 2.45) is 0 Å². The van der Waals surface area contributed by atoms with Crippen LogP contribution in [0.3, 0.4) is 0 Å². The first kappa shape index (κ1) is 19.0. The van der Waals surface area contributed by atoms with Crippen molar-refractivity contribution in [3.05, 3.63) is 59.7 Å². The summed E-state index contributed by atoms with van der Waals surface area (Å²) < 4.78 is 28.9. The van der Waals surface area contributed by atoms with Gasteiger partial charge >= 0.3 is 0 Å². The van der Waals surface area contributed by atoms with Gasteiger partial charge in [-0.15, -0.1) is 0 Å². The average Bonchev–Trinajstić information content (AvgIpc) is 2.53. The number of methoxy groups -OCH3 is 1. The Morgan fingerprint density at radius 3 is 2.32 bits per heavy atom. The molecule has 0 saturated carbocycles. The van der Waals surface area contributed by atoms with Gasteiger partial charge in [-0.05, 0) is 44.0 Å². The van der Waals surface area contributed by atoms with Crippen molar-refractivity contribution in [2.75, 3.05) is 13.4 Å². The molecule has 2 aromatic rings. The predicted molar refractivity (Wildman–Crippen MR) is 97.8 cm³/mol. The van der Waals surface area contributed by atoms with E-state index in [2.05, 4.69) is 5.32 Å². The molecule has 5 nitrogen and oxygen atoms in total. The van der Waals surface area contributed by atoms with Crippen LogP contribution < -0.4 is 10.1 Å². The van der Waals surface area contributed by atoms with E-state index in [9.17, 15) is 13.2 Å². The maximum atomic E-state index is 12.6. The van der Waals surface area contributed by atoms with Crippen LogP contribution in [-0.2, 0) is 16.3 Å². The van der Waals surface area contributed by atoms with Crippen molar-refractivity contribution in [1.29, 1.82) is 0 Å². The monoisotopic (exact) mass is 361 g/mol. The summed E-state index contributed by atoms with van der Waals surface area (Å²) >= 11 is 0. The Balaban J connectivity index is 2.23. The fourth-order valence-electron chi connectivity index (χ4n) is 2.64. The number of hydrogen-bond acceptors (Lipinski definition) is 4. The summed E-state index contributed by atoms with van der Waals surface area (Å²) in [5.74, 6) is -0.101. The Bertz CT molecular complexity index is 858. The van der Waals surface area contributed by atoms with Crippen LogP contribution in [0.4, 0.5) is 0 Å². The van der Waals surface area contributed by atoms with Crippen LogP contribution in [0.1, 0.15) is 29.8 Å². The van der Waals surface area contributed by atoms with E-state index in [0.29, 0.717) is 6.42 Å². The Morgan fingerprint density at radius 2 is 1.76 bits per heavy atom. The van der Waals surface area contributed by atoms with E-state index in [-0.39, 0.29) is 22.1 Å². The average molecular weight is 361 g/mol. The van der Waals surface area contributed by atoms with Gasteiger partial charge in [0.15, 0.2) is 9.84 Å². The number of benzene rings is 2. The van der Waals surface area contributed by atoms with Crippen LogP contribution in [-0.4, -0.2) is 33.2 Å². The number of carbonyl (C=O) groups excluding carboxylic acids is 1. The van der Waals surface area contributed by atoms with E-state index in [1.54, 1.807) is 6.07 Å². The number of nitrogens with one attached hydrogen (secondary N) is 1. The van der Waals surface area contributed by atoms with Crippen LogP contribution in [0.15, 0.2) is 53.4 Å². The van der Waals surface area contributed by atoms with E-state index in [1.165, 1.54) is 19.2 Å². The first-order chi connectivity index (χ1) is 11.6. The van der Waals surface area contributed by atoms with Gasteiger partial charge in [0.1, 0.15) is 10.6 Å². The quantitative estimate of drug-likeness (QED) is 0.859. The maximum absolute atomic E-state index is 12.6. The van der Waals surface area contributed by atoms with Gasteiger partial charge in [-0.2, -0.15) is 0 Å². The third-order valence-corrected chi connectivity index (χ3v) is 4.88. The lowest BCUT2D eigenvalue weighted by Crippen LogP contribution is -2.45. The number of sulfone groups is 1. The van der Waals surface area contributed by atoms with Gasteiger partial charge in [-0.3, -0.25) is 4.79 Å². The molecular formula is C19H23NO4S. The number of amides is 1. The third-order valence-electron chi connectivity index (χ3n) is 3.77. The van der Waals surface area contributed by atoms with Gasteiger partial charge in [0.05, 0.1) is 7.11 Å². The summed E-state index contributed by atoms with van der Waals surface area (Å²) in [6.07, 6.45) is 1.75. The Hall–Kier alpha value is -2.34. The molecule has 0 bridgehead atoms. The van der Waals surface area contributed by atoms with Crippen molar-refractivity contribution in [2.45, 2.75) is 30.7 Å². The molecular weight excluding hydrogens is 338 g/mol. The molecule has 2 rings (SSSR count). The smallest absolute Gasteiger partial charge is 0.251 e. The van der Waals surface area contributed by atoms with E-state index in [1.807, 2.05) is 44.2 Å². The van der Waals surface area contributed by atoms with Gasteiger partial charge in [0.25, 0.3) is 5.91 Å². The second-order valence-electron chi connectivity index (χ2n) is 6.64. The molecule has 0 radical (unpaired) electrons. The molecule has 0 heterocycles. The maximum Gasteiger partial charge on any atom is 0.251 e. The fraction of sp³-hybridized carbons (Fsp3) is 0.316. The number of ether oxygens (including phenoxy) is 1. The van der Waals surface area contributed by atoms with Gasteiger partial charge in [-0.25, -0.2) is 8.42 Å².